The highest BCUT2D eigenvalue weighted by atomic mass is 14.9. The molecule has 0 amide bonds. The van der Waals surface area contributed by atoms with Crippen molar-refractivity contribution in [3.63, 3.8) is 0 Å². The highest BCUT2D eigenvalue weighted by Crippen LogP contribution is 2.20. The SMILES string of the molecule is CC.CC.[B]c1cccc(C2CCNC2)c1. The predicted octanol–water partition coefficient (Wildman–Crippen LogP) is 2.61. The lowest BCUT2D eigenvalue weighted by molar-refractivity contribution is 0.764. The Labute approximate surface area is 102 Å². The van der Waals surface area contributed by atoms with Crippen LogP contribution in [-0.2, 0) is 0 Å². The van der Waals surface area contributed by atoms with E-state index in [1.807, 2.05) is 39.8 Å². The Balaban J connectivity index is 0.000000509. The van der Waals surface area contributed by atoms with Crippen LogP contribution in [0.15, 0.2) is 24.3 Å². The van der Waals surface area contributed by atoms with Crippen molar-refractivity contribution in [2.75, 3.05) is 13.1 Å². The molecule has 1 aliphatic heterocycles. The van der Waals surface area contributed by atoms with E-state index < -0.39 is 0 Å². The molecule has 1 aromatic rings. The monoisotopic (exact) mass is 217 g/mol. The lowest BCUT2D eigenvalue weighted by atomic mass is 9.90. The van der Waals surface area contributed by atoms with Crippen molar-refractivity contribution in [3.8, 4) is 0 Å². The molecule has 2 heteroatoms. The molecule has 16 heavy (non-hydrogen) atoms. The summed E-state index contributed by atoms with van der Waals surface area (Å²) in [5, 5.41) is 3.35. The molecule has 1 unspecified atom stereocenters. The van der Waals surface area contributed by atoms with Crippen LogP contribution in [0.25, 0.3) is 0 Å². The van der Waals surface area contributed by atoms with Gasteiger partial charge >= 0.3 is 0 Å². The van der Waals surface area contributed by atoms with Crippen molar-refractivity contribution in [2.45, 2.75) is 40.0 Å². The van der Waals surface area contributed by atoms with Gasteiger partial charge in [0.15, 0.2) is 0 Å². The first kappa shape index (κ1) is 15.2. The fraction of sp³-hybridized carbons (Fsp3) is 0.571. The van der Waals surface area contributed by atoms with Gasteiger partial charge in [-0.15, -0.1) is 0 Å². The molecule has 0 bridgehead atoms. The average Bonchev–Trinajstić information content (AvgIpc) is 2.88. The number of rotatable bonds is 1. The molecule has 1 saturated heterocycles. The third-order valence-corrected chi connectivity index (χ3v) is 2.44. The van der Waals surface area contributed by atoms with E-state index in [9.17, 15) is 0 Å². The Morgan fingerprint density at radius 2 is 1.88 bits per heavy atom. The van der Waals surface area contributed by atoms with Crippen molar-refractivity contribution in [1.82, 2.24) is 5.32 Å². The Kier molecular flexibility index (Phi) is 9.02. The summed E-state index contributed by atoms with van der Waals surface area (Å²) in [6, 6.07) is 8.21. The fourth-order valence-electron chi connectivity index (χ4n) is 1.75. The molecule has 1 heterocycles. The van der Waals surface area contributed by atoms with E-state index in [0.29, 0.717) is 5.92 Å². The first-order valence-electron chi connectivity index (χ1n) is 6.42. The summed E-state index contributed by atoms with van der Waals surface area (Å²) in [5.74, 6) is 0.675. The first-order chi connectivity index (χ1) is 7.86. The molecule has 1 aliphatic rings. The van der Waals surface area contributed by atoms with E-state index in [2.05, 4.69) is 17.4 Å². The van der Waals surface area contributed by atoms with Gasteiger partial charge in [0, 0.05) is 6.54 Å². The van der Waals surface area contributed by atoms with Gasteiger partial charge in [-0.3, -0.25) is 0 Å². The minimum Gasteiger partial charge on any atom is -0.316 e. The number of nitrogens with one attached hydrogen (secondary N) is 1. The van der Waals surface area contributed by atoms with Crippen LogP contribution in [0.2, 0.25) is 0 Å². The van der Waals surface area contributed by atoms with Gasteiger partial charge in [-0.05, 0) is 24.4 Å². The van der Waals surface area contributed by atoms with Crippen LogP contribution >= 0.6 is 0 Å². The Hall–Kier alpha value is -0.755. The van der Waals surface area contributed by atoms with Gasteiger partial charge in [0.1, 0.15) is 7.85 Å². The molecule has 1 nitrogen and oxygen atoms in total. The molecule has 2 radical (unpaired) electrons. The van der Waals surface area contributed by atoms with Gasteiger partial charge in [-0.25, -0.2) is 0 Å². The largest absolute Gasteiger partial charge is 0.316 e. The first-order valence-corrected chi connectivity index (χ1v) is 6.42. The van der Waals surface area contributed by atoms with E-state index in [4.69, 9.17) is 7.85 Å². The van der Waals surface area contributed by atoms with Gasteiger partial charge in [0.05, 0.1) is 0 Å². The molecule has 1 atom stereocenters. The van der Waals surface area contributed by atoms with E-state index in [0.717, 1.165) is 18.6 Å². The number of hydrogen-bond acceptors (Lipinski definition) is 1. The summed E-state index contributed by atoms with van der Waals surface area (Å²) in [5.41, 5.74) is 2.25. The maximum absolute atomic E-state index is 5.71. The molecule has 1 aromatic carbocycles. The zero-order valence-electron chi connectivity index (χ0n) is 11.1. The minimum absolute atomic E-state index is 0.675. The van der Waals surface area contributed by atoms with E-state index in [-0.39, 0.29) is 0 Å². The molecule has 1 N–H and O–H groups in total. The summed E-state index contributed by atoms with van der Waals surface area (Å²) in [6.07, 6.45) is 1.24. The molecule has 0 spiro atoms. The average molecular weight is 217 g/mol. The molecule has 0 aliphatic carbocycles. The van der Waals surface area contributed by atoms with Gasteiger partial charge in [0.25, 0.3) is 0 Å². The second-order valence-electron chi connectivity index (χ2n) is 3.36. The van der Waals surface area contributed by atoms with Crippen LogP contribution in [0.3, 0.4) is 0 Å². The van der Waals surface area contributed by atoms with Gasteiger partial charge in [-0.1, -0.05) is 57.4 Å². The number of benzene rings is 1. The van der Waals surface area contributed by atoms with Crippen molar-refractivity contribution >= 4 is 13.3 Å². The van der Waals surface area contributed by atoms with Crippen molar-refractivity contribution in [2.24, 2.45) is 0 Å². The molecule has 88 valence electrons. The van der Waals surface area contributed by atoms with E-state index in [1.165, 1.54) is 12.0 Å². The van der Waals surface area contributed by atoms with Crippen LogP contribution in [-0.4, -0.2) is 20.9 Å². The lowest BCUT2D eigenvalue weighted by Crippen LogP contribution is -2.10. The Morgan fingerprint density at radius 1 is 1.19 bits per heavy atom. The maximum atomic E-state index is 5.71. The topological polar surface area (TPSA) is 12.0 Å². The van der Waals surface area contributed by atoms with Gasteiger partial charge < -0.3 is 5.32 Å². The zero-order valence-corrected chi connectivity index (χ0v) is 11.1. The summed E-state index contributed by atoms with van der Waals surface area (Å²) in [4.78, 5) is 0. The second-order valence-corrected chi connectivity index (χ2v) is 3.36. The van der Waals surface area contributed by atoms with E-state index >= 15 is 0 Å². The van der Waals surface area contributed by atoms with Crippen molar-refractivity contribution in [1.29, 1.82) is 0 Å². The summed E-state index contributed by atoms with van der Waals surface area (Å²) < 4.78 is 0. The van der Waals surface area contributed by atoms with Crippen LogP contribution < -0.4 is 10.8 Å². The third kappa shape index (κ3) is 4.85. The smallest absolute Gasteiger partial charge is 0.113 e. The lowest BCUT2D eigenvalue weighted by Gasteiger charge is -2.08. The molecule has 1 fully saturated rings. The quantitative estimate of drug-likeness (QED) is 0.713. The van der Waals surface area contributed by atoms with Gasteiger partial charge in [0.2, 0.25) is 0 Å². The highest BCUT2D eigenvalue weighted by Gasteiger charge is 2.15. The van der Waals surface area contributed by atoms with Crippen molar-refractivity contribution in [3.05, 3.63) is 29.8 Å². The highest BCUT2D eigenvalue weighted by molar-refractivity contribution is 6.32. The van der Waals surface area contributed by atoms with Crippen LogP contribution in [0.4, 0.5) is 0 Å². The van der Waals surface area contributed by atoms with Crippen LogP contribution in [0, 0.1) is 0 Å². The molecule has 0 aromatic heterocycles. The maximum Gasteiger partial charge on any atom is 0.113 e. The van der Waals surface area contributed by atoms with Crippen LogP contribution in [0.1, 0.15) is 45.6 Å². The molecular formula is C14H24BN. The number of hydrogen-bond donors (Lipinski definition) is 1. The second kappa shape index (κ2) is 9.47. The van der Waals surface area contributed by atoms with Gasteiger partial charge in [-0.2, -0.15) is 0 Å². The van der Waals surface area contributed by atoms with Crippen molar-refractivity contribution < 1.29 is 0 Å². The predicted molar refractivity (Wildman–Crippen MR) is 74.8 cm³/mol. The third-order valence-electron chi connectivity index (χ3n) is 2.44. The fourth-order valence-corrected chi connectivity index (χ4v) is 1.75. The Bertz CT molecular complexity index is 267. The molecule has 0 saturated carbocycles. The minimum atomic E-state index is 0.675. The normalized spacial score (nSPS) is 17.9. The standard InChI is InChI=1S/C10H12BN.2C2H6/c11-10-3-1-2-8(6-10)9-4-5-12-7-9;2*1-2/h1-3,6,9,12H,4-5,7H2;2*1-2H3. The van der Waals surface area contributed by atoms with Crippen LogP contribution in [0.5, 0.6) is 0 Å². The Morgan fingerprint density at radius 3 is 2.38 bits per heavy atom. The summed E-state index contributed by atoms with van der Waals surface area (Å²) in [7, 11) is 5.71. The summed E-state index contributed by atoms with van der Waals surface area (Å²) in [6.45, 7) is 10.2. The zero-order chi connectivity index (χ0) is 12.4. The summed E-state index contributed by atoms with van der Waals surface area (Å²) >= 11 is 0. The molecular weight excluding hydrogens is 193 g/mol. The van der Waals surface area contributed by atoms with E-state index in [1.54, 1.807) is 0 Å². The molecule has 2 rings (SSSR count).